The van der Waals surface area contributed by atoms with E-state index < -0.39 is 0 Å². The number of carbonyl (C=O) groups is 1. The molecule has 0 spiro atoms. The highest BCUT2D eigenvalue weighted by Gasteiger charge is 2.34. The summed E-state index contributed by atoms with van der Waals surface area (Å²) in [5, 5.41) is 0. The second kappa shape index (κ2) is 7.40. The van der Waals surface area contributed by atoms with Crippen LogP contribution in [0, 0.1) is 5.92 Å². The Balaban J connectivity index is 1.37. The van der Waals surface area contributed by atoms with Gasteiger partial charge >= 0.3 is 0 Å². The van der Waals surface area contributed by atoms with Crippen LogP contribution in [0.3, 0.4) is 0 Å². The molecule has 2 fully saturated rings. The third-order valence-electron chi connectivity index (χ3n) is 5.30. The first-order chi connectivity index (χ1) is 12.3. The van der Waals surface area contributed by atoms with Crippen LogP contribution in [0.2, 0.25) is 0 Å². The third kappa shape index (κ3) is 4.10. The number of amides is 1. The fourth-order valence-electron chi connectivity index (χ4n) is 3.65. The maximum Gasteiger partial charge on any atom is 0.289 e. The van der Waals surface area contributed by atoms with E-state index in [1.807, 2.05) is 12.4 Å². The second-order valence-corrected chi connectivity index (χ2v) is 7.24. The molecule has 0 unspecified atom stereocenters. The smallest absolute Gasteiger partial charge is 0.289 e. The molecule has 0 aromatic carbocycles. The topological polar surface area (TPSA) is 49.6 Å². The molecule has 1 saturated carbocycles. The Morgan fingerprint density at radius 3 is 2.56 bits per heavy atom. The van der Waals surface area contributed by atoms with Gasteiger partial charge in [-0.15, -0.1) is 0 Å². The molecule has 25 heavy (non-hydrogen) atoms. The maximum atomic E-state index is 12.9. The first-order valence-corrected chi connectivity index (χ1v) is 9.25. The van der Waals surface area contributed by atoms with Gasteiger partial charge in [-0.2, -0.15) is 0 Å². The van der Waals surface area contributed by atoms with Crippen molar-refractivity contribution in [3.05, 3.63) is 54.2 Å². The van der Waals surface area contributed by atoms with Crippen molar-refractivity contribution in [3.8, 4) is 0 Å². The zero-order valence-corrected chi connectivity index (χ0v) is 14.5. The molecule has 1 aliphatic heterocycles. The first kappa shape index (κ1) is 16.3. The van der Waals surface area contributed by atoms with Gasteiger partial charge in [0.1, 0.15) is 0 Å². The van der Waals surface area contributed by atoms with Crippen LogP contribution >= 0.6 is 0 Å². The Morgan fingerprint density at radius 2 is 1.92 bits per heavy atom. The molecule has 2 aliphatic rings. The highest BCUT2D eigenvalue weighted by molar-refractivity contribution is 5.91. The zero-order valence-electron chi connectivity index (χ0n) is 14.5. The Hall–Kier alpha value is -2.14. The minimum atomic E-state index is 0.0597. The molecule has 1 saturated heterocycles. The number of hydrogen-bond acceptors (Lipinski definition) is 4. The van der Waals surface area contributed by atoms with Crippen molar-refractivity contribution in [1.82, 2.24) is 14.8 Å². The Kier molecular flexibility index (Phi) is 4.83. The number of likely N-dealkylation sites (tertiary alicyclic amines) is 1. The lowest BCUT2D eigenvalue weighted by Gasteiger charge is -2.38. The number of hydrogen-bond donors (Lipinski definition) is 0. The quantitative estimate of drug-likeness (QED) is 0.811. The summed E-state index contributed by atoms with van der Waals surface area (Å²) in [4.78, 5) is 21.5. The van der Waals surface area contributed by atoms with Gasteiger partial charge in [0.05, 0.1) is 6.26 Å². The molecular weight excluding hydrogens is 314 g/mol. The normalized spacial score (nSPS) is 19.0. The Morgan fingerprint density at radius 1 is 1.16 bits per heavy atom. The van der Waals surface area contributed by atoms with E-state index in [-0.39, 0.29) is 5.91 Å². The number of nitrogens with zero attached hydrogens (tertiary/aromatic N) is 3. The summed E-state index contributed by atoms with van der Waals surface area (Å²) < 4.78 is 5.36. The van der Waals surface area contributed by atoms with Crippen molar-refractivity contribution in [2.45, 2.75) is 38.3 Å². The summed E-state index contributed by atoms with van der Waals surface area (Å²) in [5.41, 5.74) is 1.30. The van der Waals surface area contributed by atoms with Gasteiger partial charge in [0.2, 0.25) is 0 Å². The van der Waals surface area contributed by atoms with Gasteiger partial charge in [-0.05, 0) is 61.4 Å². The van der Waals surface area contributed by atoms with Gasteiger partial charge < -0.3 is 9.32 Å². The highest BCUT2D eigenvalue weighted by Crippen LogP contribution is 2.32. The lowest BCUT2D eigenvalue weighted by atomic mass is 10.0. The van der Waals surface area contributed by atoms with Crippen LogP contribution in [0.5, 0.6) is 0 Å². The zero-order chi connectivity index (χ0) is 17.1. The van der Waals surface area contributed by atoms with Crippen LogP contribution in [-0.2, 0) is 6.54 Å². The summed E-state index contributed by atoms with van der Waals surface area (Å²) in [5.74, 6) is 1.22. The van der Waals surface area contributed by atoms with E-state index in [0.717, 1.165) is 39.0 Å². The van der Waals surface area contributed by atoms with E-state index in [2.05, 4.69) is 26.9 Å². The van der Waals surface area contributed by atoms with Crippen LogP contribution in [0.25, 0.3) is 0 Å². The molecule has 1 aliphatic carbocycles. The van der Waals surface area contributed by atoms with Gasteiger partial charge in [0.25, 0.3) is 5.91 Å². The second-order valence-electron chi connectivity index (χ2n) is 7.24. The van der Waals surface area contributed by atoms with Crippen molar-refractivity contribution < 1.29 is 9.21 Å². The molecule has 0 N–H and O–H groups in total. The van der Waals surface area contributed by atoms with Crippen LogP contribution in [0.4, 0.5) is 0 Å². The lowest BCUT2D eigenvalue weighted by molar-refractivity contribution is 0.0522. The van der Waals surface area contributed by atoms with E-state index in [0.29, 0.717) is 17.7 Å². The van der Waals surface area contributed by atoms with Crippen LogP contribution < -0.4 is 0 Å². The molecule has 5 heteroatoms. The molecule has 2 aromatic rings. The minimum Gasteiger partial charge on any atom is -0.459 e. The van der Waals surface area contributed by atoms with E-state index in [4.69, 9.17) is 4.42 Å². The largest absolute Gasteiger partial charge is 0.459 e. The number of carbonyl (C=O) groups excluding carboxylic acids is 1. The van der Waals surface area contributed by atoms with Gasteiger partial charge in [0.15, 0.2) is 5.76 Å². The van der Waals surface area contributed by atoms with E-state index in [1.54, 1.807) is 18.4 Å². The number of furan rings is 1. The van der Waals surface area contributed by atoms with Crippen molar-refractivity contribution in [3.63, 3.8) is 0 Å². The number of piperidine rings is 1. The molecule has 4 rings (SSSR count). The van der Waals surface area contributed by atoms with Gasteiger partial charge in [-0.3, -0.25) is 14.7 Å². The number of pyridine rings is 1. The Labute approximate surface area is 148 Å². The predicted molar refractivity (Wildman–Crippen MR) is 95.0 cm³/mol. The van der Waals surface area contributed by atoms with E-state index in [9.17, 15) is 4.79 Å². The summed E-state index contributed by atoms with van der Waals surface area (Å²) in [6, 6.07) is 8.05. The average Bonchev–Trinajstić information content (AvgIpc) is 3.30. The molecule has 3 heterocycles. The van der Waals surface area contributed by atoms with Crippen molar-refractivity contribution in [1.29, 1.82) is 0 Å². The van der Waals surface area contributed by atoms with Crippen LogP contribution in [0.1, 0.15) is 41.8 Å². The SMILES string of the molecule is O=C(c1ccco1)N(CC1CC1)C1CCN(Cc2ccncc2)CC1. The minimum absolute atomic E-state index is 0.0597. The molecule has 5 nitrogen and oxygen atoms in total. The van der Waals surface area contributed by atoms with Gasteiger partial charge in [-0.1, -0.05) is 0 Å². The molecule has 0 radical (unpaired) electrons. The van der Waals surface area contributed by atoms with Crippen molar-refractivity contribution in [2.24, 2.45) is 5.92 Å². The highest BCUT2D eigenvalue weighted by atomic mass is 16.3. The first-order valence-electron chi connectivity index (χ1n) is 9.25. The average molecular weight is 339 g/mol. The molecule has 0 atom stereocenters. The molecule has 2 aromatic heterocycles. The van der Waals surface area contributed by atoms with Gasteiger partial charge in [0, 0.05) is 44.6 Å². The monoisotopic (exact) mass is 339 g/mol. The summed E-state index contributed by atoms with van der Waals surface area (Å²) >= 11 is 0. The van der Waals surface area contributed by atoms with Crippen LogP contribution in [0.15, 0.2) is 47.3 Å². The van der Waals surface area contributed by atoms with Crippen molar-refractivity contribution in [2.75, 3.05) is 19.6 Å². The summed E-state index contributed by atoms with van der Waals surface area (Å²) in [6.07, 6.45) is 9.85. The van der Waals surface area contributed by atoms with Crippen molar-refractivity contribution >= 4 is 5.91 Å². The molecule has 0 bridgehead atoms. The Bertz CT molecular complexity index is 674. The van der Waals surface area contributed by atoms with E-state index >= 15 is 0 Å². The standard InChI is InChI=1S/C20H25N3O2/c24-20(19-2-1-13-25-19)23(15-16-3-4-16)18-7-11-22(12-8-18)14-17-5-9-21-10-6-17/h1-2,5-6,9-10,13,16,18H,3-4,7-8,11-12,14-15H2. The van der Waals surface area contributed by atoms with Crippen LogP contribution in [-0.4, -0.2) is 46.4 Å². The fraction of sp³-hybridized carbons (Fsp3) is 0.500. The molecule has 132 valence electrons. The fourth-order valence-corrected chi connectivity index (χ4v) is 3.65. The predicted octanol–water partition coefficient (Wildman–Crippen LogP) is 3.19. The number of rotatable bonds is 6. The van der Waals surface area contributed by atoms with Gasteiger partial charge in [-0.25, -0.2) is 0 Å². The number of aromatic nitrogens is 1. The molecule has 1 amide bonds. The lowest BCUT2D eigenvalue weighted by Crippen LogP contribution is -2.48. The molecular formula is C20H25N3O2. The van der Waals surface area contributed by atoms with E-state index in [1.165, 1.54) is 18.4 Å². The maximum absolute atomic E-state index is 12.9. The summed E-state index contributed by atoms with van der Waals surface area (Å²) in [7, 11) is 0. The summed E-state index contributed by atoms with van der Waals surface area (Å²) in [6.45, 7) is 3.90. The third-order valence-corrected chi connectivity index (χ3v) is 5.30.